The number of rotatable bonds is 12. The maximum absolute atomic E-state index is 11.6. The highest BCUT2D eigenvalue weighted by Gasteiger charge is 2.43. The Morgan fingerprint density at radius 1 is 1.12 bits per heavy atom. The van der Waals surface area contributed by atoms with E-state index in [1.807, 2.05) is 0 Å². The van der Waals surface area contributed by atoms with Crippen molar-refractivity contribution in [3.05, 3.63) is 42.5 Å². The standard InChI is InChI=1S/C18H24O7/c1-4-11-25-13-10-8-7-9-12(13)14(15(16(19)20)17(21)22)18(23-5-2)24-6-3/h4,7-10,14-15,18H,1,5-6,11H2,2-3H3,(H,19,20)(H,21,22). The van der Waals surface area contributed by atoms with E-state index in [0.29, 0.717) is 11.3 Å². The van der Waals surface area contributed by atoms with Gasteiger partial charge in [0.1, 0.15) is 12.4 Å². The van der Waals surface area contributed by atoms with Crippen molar-refractivity contribution in [1.29, 1.82) is 0 Å². The van der Waals surface area contributed by atoms with Crippen LogP contribution in [0.1, 0.15) is 25.3 Å². The first-order valence-corrected chi connectivity index (χ1v) is 7.99. The van der Waals surface area contributed by atoms with E-state index in [9.17, 15) is 19.8 Å². The molecule has 1 atom stereocenters. The summed E-state index contributed by atoms with van der Waals surface area (Å²) >= 11 is 0. The molecule has 2 N–H and O–H groups in total. The van der Waals surface area contributed by atoms with Gasteiger partial charge in [0, 0.05) is 18.8 Å². The van der Waals surface area contributed by atoms with E-state index in [1.165, 1.54) is 0 Å². The Morgan fingerprint density at radius 2 is 1.68 bits per heavy atom. The molecule has 1 rings (SSSR count). The zero-order chi connectivity index (χ0) is 18.8. The Kier molecular flexibility index (Phi) is 8.66. The summed E-state index contributed by atoms with van der Waals surface area (Å²) in [5.74, 6) is -5.42. The van der Waals surface area contributed by atoms with Crippen molar-refractivity contribution in [3.8, 4) is 5.75 Å². The summed E-state index contributed by atoms with van der Waals surface area (Å²) in [4.78, 5) is 23.3. The van der Waals surface area contributed by atoms with Crippen LogP contribution in [0.15, 0.2) is 36.9 Å². The molecule has 138 valence electrons. The maximum Gasteiger partial charge on any atom is 0.318 e. The Morgan fingerprint density at radius 3 is 2.16 bits per heavy atom. The van der Waals surface area contributed by atoms with Crippen molar-refractivity contribution in [3.63, 3.8) is 0 Å². The first kappa shape index (κ1) is 20.7. The van der Waals surface area contributed by atoms with E-state index in [4.69, 9.17) is 14.2 Å². The van der Waals surface area contributed by atoms with Gasteiger partial charge in [-0.3, -0.25) is 9.59 Å². The highest BCUT2D eigenvalue weighted by Crippen LogP contribution is 2.37. The summed E-state index contributed by atoms with van der Waals surface area (Å²) in [5, 5.41) is 19.0. The van der Waals surface area contributed by atoms with Crippen LogP contribution in [-0.4, -0.2) is 48.3 Å². The molecule has 0 saturated carbocycles. The summed E-state index contributed by atoms with van der Waals surface area (Å²) in [6.07, 6.45) is 0.501. The molecule has 0 saturated heterocycles. The van der Waals surface area contributed by atoms with Gasteiger partial charge in [-0.25, -0.2) is 0 Å². The summed E-state index contributed by atoms with van der Waals surface area (Å²) in [7, 11) is 0. The van der Waals surface area contributed by atoms with Crippen molar-refractivity contribution in [1.82, 2.24) is 0 Å². The number of para-hydroxylation sites is 1. The Balaban J connectivity index is 3.46. The Bertz CT molecular complexity index is 565. The Hall–Kier alpha value is -2.38. The van der Waals surface area contributed by atoms with Gasteiger partial charge in [0.15, 0.2) is 12.2 Å². The number of benzene rings is 1. The third-order valence-corrected chi connectivity index (χ3v) is 3.48. The van der Waals surface area contributed by atoms with E-state index in [2.05, 4.69) is 6.58 Å². The third-order valence-electron chi connectivity index (χ3n) is 3.48. The Labute approximate surface area is 146 Å². The van der Waals surface area contributed by atoms with Gasteiger partial charge in [0.05, 0.1) is 5.92 Å². The van der Waals surface area contributed by atoms with Crippen LogP contribution < -0.4 is 4.74 Å². The van der Waals surface area contributed by atoms with Crippen LogP contribution in [0.3, 0.4) is 0 Å². The lowest BCUT2D eigenvalue weighted by atomic mass is 9.84. The highest BCUT2D eigenvalue weighted by molar-refractivity contribution is 5.94. The predicted molar refractivity (Wildman–Crippen MR) is 90.7 cm³/mol. The molecular formula is C18H24O7. The van der Waals surface area contributed by atoms with E-state index in [0.717, 1.165) is 0 Å². The van der Waals surface area contributed by atoms with Crippen LogP contribution in [-0.2, 0) is 19.1 Å². The fraction of sp³-hybridized carbons (Fsp3) is 0.444. The topological polar surface area (TPSA) is 102 Å². The average molecular weight is 352 g/mol. The number of hydrogen-bond acceptors (Lipinski definition) is 5. The number of carboxylic acids is 2. The summed E-state index contributed by atoms with van der Waals surface area (Å²) in [5.41, 5.74) is 0.394. The molecule has 0 aliphatic heterocycles. The maximum atomic E-state index is 11.6. The fourth-order valence-electron chi connectivity index (χ4n) is 2.52. The van der Waals surface area contributed by atoms with E-state index < -0.39 is 30.1 Å². The molecule has 7 nitrogen and oxygen atoms in total. The molecule has 0 radical (unpaired) electrons. The SMILES string of the molecule is C=CCOc1ccccc1C(C(OCC)OCC)C(C(=O)O)C(=O)O. The van der Waals surface area contributed by atoms with Crippen LogP contribution in [0, 0.1) is 5.92 Å². The average Bonchev–Trinajstić information content (AvgIpc) is 2.57. The molecule has 1 unspecified atom stereocenters. The fourth-order valence-corrected chi connectivity index (χ4v) is 2.52. The summed E-state index contributed by atoms with van der Waals surface area (Å²) in [6.45, 7) is 7.69. The van der Waals surface area contributed by atoms with E-state index in [-0.39, 0.29) is 19.8 Å². The monoisotopic (exact) mass is 352 g/mol. The first-order valence-electron chi connectivity index (χ1n) is 7.99. The first-order chi connectivity index (χ1) is 12.0. The molecule has 1 aromatic carbocycles. The summed E-state index contributed by atoms with van der Waals surface area (Å²) in [6, 6.07) is 6.65. The van der Waals surface area contributed by atoms with Crippen molar-refractivity contribution >= 4 is 11.9 Å². The second-order valence-corrected chi connectivity index (χ2v) is 5.10. The summed E-state index contributed by atoms with van der Waals surface area (Å²) < 4.78 is 16.6. The predicted octanol–water partition coefficient (Wildman–Crippen LogP) is 2.52. The van der Waals surface area contributed by atoms with Crippen LogP contribution >= 0.6 is 0 Å². The number of hydrogen-bond donors (Lipinski definition) is 2. The van der Waals surface area contributed by atoms with Gasteiger partial charge >= 0.3 is 11.9 Å². The van der Waals surface area contributed by atoms with Crippen molar-refractivity contribution in [2.24, 2.45) is 5.92 Å². The minimum atomic E-state index is -1.75. The largest absolute Gasteiger partial charge is 0.489 e. The number of carboxylic acid groups (broad SMARTS) is 2. The molecule has 1 aromatic rings. The molecular weight excluding hydrogens is 328 g/mol. The van der Waals surface area contributed by atoms with Crippen LogP contribution in [0.5, 0.6) is 5.75 Å². The van der Waals surface area contributed by atoms with Gasteiger partial charge in [0.25, 0.3) is 0 Å². The van der Waals surface area contributed by atoms with Gasteiger partial charge in [-0.05, 0) is 19.9 Å². The second-order valence-electron chi connectivity index (χ2n) is 5.10. The second kappa shape index (κ2) is 10.5. The van der Waals surface area contributed by atoms with Crippen LogP contribution in [0.2, 0.25) is 0 Å². The molecule has 0 heterocycles. The van der Waals surface area contributed by atoms with Gasteiger partial charge < -0.3 is 24.4 Å². The molecule has 0 aliphatic rings. The molecule has 0 fully saturated rings. The minimum absolute atomic E-state index is 0.197. The molecule has 0 aromatic heterocycles. The van der Waals surface area contributed by atoms with Crippen molar-refractivity contribution < 1.29 is 34.0 Å². The van der Waals surface area contributed by atoms with Crippen molar-refractivity contribution in [2.75, 3.05) is 19.8 Å². The van der Waals surface area contributed by atoms with Crippen LogP contribution in [0.25, 0.3) is 0 Å². The van der Waals surface area contributed by atoms with Gasteiger partial charge in [0.2, 0.25) is 0 Å². The minimum Gasteiger partial charge on any atom is -0.489 e. The molecule has 0 spiro atoms. The normalized spacial score (nSPS) is 12.2. The molecule has 0 amide bonds. The quantitative estimate of drug-likeness (QED) is 0.338. The van der Waals surface area contributed by atoms with Crippen molar-refractivity contribution in [2.45, 2.75) is 26.1 Å². The van der Waals surface area contributed by atoms with Gasteiger partial charge in [-0.1, -0.05) is 30.9 Å². The number of ether oxygens (including phenoxy) is 3. The van der Waals surface area contributed by atoms with Gasteiger partial charge in [-0.2, -0.15) is 0 Å². The zero-order valence-corrected chi connectivity index (χ0v) is 14.4. The van der Waals surface area contributed by atoms with E-state index in [1.54, 1.807) is 44.2 Å². The van der Waals surface area contributed by atoms with E-state index >= 15 is 0 Å². The molecule has 7 heteroatoms. The lowest BCUT2D eigenvalue weighted by Gasteiger charge is -2.30. The molecule has 25 heavy (non-hydrogen) atoms. The lowest BCUT2D eigenvalue weighted by molar-refractivity contribution is -0.179. The highest BCUT2D eigenvalue weighted by atomic mass is 16.7. The van der Waals surface area contributed by atoms with Gasteiger partial charge in [-0.15, -0.1) is 0 Å². The van der Waals surface area contributed by atoms with Crippen LogP contribution in [0.4, 0.5) is 0 Å². The number of carbonyl (C=O) groups is 2. The lowest BCUT2D eigenvalue weighted by Crippen LogP contribution is -2.39. The molecule has 0 aliphatic carbocycles. The number of aliphatic carboxylic acids is 2. The smallest absolute Gasteiger partial charge is 0.318 e. The zero-order valence-electron chi connectivity index (χ0n) is 14.4. The molecule has 0 bridgehead atoms. The third kappa shape index (κ3) is 5.58.